The Hall–Kier alpha value is -2.51. The number of nitrogens with one attached hydrogen (secondary N) is 1. The Morgan fingerprint density at radius 1 is 1.21 bits per heavy atom. The molecule has 3 aromatic rings. The number of halogens is 1. The van der Waals surface area contributed by atoms with E-state index < -0.39 is 11.5 Å². The highest BCUT2D eigenvalue weighted by molar-refractivity contribution is 7.99. The molecule has 0 fully saturated rings. The smallest absolute Gasteiger partial charge is 0.283 e. The van der Waals surface area contributed by atoms with Crippen molar-refractivity contribution in [3.8, 4) is 0 Å². The molecule has 24 heavy (non-hydrogen) atoms. The molecule has 2 heterocycles. The third kappa shape index (κ3) is 2.24. The van der Waals surface area contributed by atoms with E-state index in [1.54, 1.807) is 30.9 Å². The van der Waals surface area contributed by atoms with Gasteiger partial charge in [0.25, 0.3) is 0 Å². The van der Waals surface area contributed by atoms with E-state index in [1.165, 1.54) is 9.58 Å². The minimum atomic E-state index is -0.721. The zero-order valence-electron chi connectivity index (χ0n) is 12.4. The van der Waals surface area contributed by atoms with Crippen LogP contribution in [0, 0.1) is 0 Å². The Bertz CT molecular complexity index is 1030. The first-order chi connectivity index (χ1) is 11.6. The molecule has 1 aliphatic rings. The minimum Gasteiger partial charge on any atom is -0.283 e. The third-order valence-corrected chi connectivity index (χ3v) is 5.06. The number of amides is 1. The van der Waals surface area contributed by atoms with Crippen molar-refractivity contribution in [3.63, 3.8) is 0 Å². The second kappa shape index (κ2) is 5.54. The molecule has 1 aliphatic heterocycles. The Morgan fingerprint density at radius 3 is 2.71 bits per heavy atom. The number of aromatic amines is 1. The van der Waals surface area contributed by atoms with Gasteiger partial charge < -0.3 is 0 Å². The predicted molar refractivity (Wildman–Crippen MR) is 89.0 cm³/mol. The van der Waals surface area contributed by atoms with Gasteiger partial charge in [0.1, 0.15) is 0 Å². The van der Waals surface area contributed by atoms with E-state index in [4.69, 9.17) is 16.1 Å². The molecule has 0 unspecified atom stereocenters. The average Bonchev–Trinajstić information content (AvgIpc) is 2.91. The van der Waals surface area contributed by atoms with Crippen LogP contribution in [0.2, 0.25) is 5.02 Å². The van der Waals surface area contributed by atoms with Crippen molar-refractivity contribution < 1.29 is 14.0 Å². The largest absolute Gasteiger partial charge is 0.440 e. The molecule has 2 aromatic carbocycles. The van der Waals surface area contributed by atoms with Gasteiger partial charge in [-0.25, -0.2) is 4.79 Å². The van der Waals surface area contributed by atoms with Crippen LogP contribution in [-0.2, 0) is 7.05 Å². The SMILES string of the molecule is C[n+]1[nH]oc(=O)c1C(=O)N1c2ccccc2Sc2ccc(Cl)cc21. The first-order valence-electron chi connectivity index (χ1n) is 7.04. The molecule has 0 bridgehead atoms. The zero-order chi connectivity index (χ0) is 16.8. The fraction of sp³-hybridized carbons (Fsp3) is 0.0625. The fourth-order valence-electron chi connectivity index (χ4n) is 2.62. The summed E-state index contributed by atoms with van der Waals surface area (Å²) in [6.07, 6.45) is 0. The van der Waals surface area contributed by atoms with E-state index in [9.17, 15) is 9.59 Å². The standard InChI is InChI=1S/C16H10ClN3O3S/c1-19-14(16(22)23-18-19)15(21)20-10-4-2-3-5-12(10)24-13-7-6-9(17)8-11(13)20/h2-8H,1H3/p+1. The van der Waals surface area contributed by atoms with Crippen molar-refractivity contribution in [2.24, 2.45) is 7.05 Å². The summed E-state index contributed by atoms with van der Waals surface area (Å²) >= 11 is 7.67. The van der Waals surface area contributed by atoms with Crippen LogP contribution in [0.3, 0.4) is 0 Å². The van der Waals surface area contributed by atoms with Gasteiger partial charge in [-0.2, -0.15) is 0 Å². The van der Waals surface area contributed by atoms with Crippen molar-refractivity contribution in [2.45, 2.75) is 9.79 Å². The molecule has 0 spiro atoms. The minimum absolute atomic E-state index is 0.0948. The van der Waals surface area contributed by atoms with Crippen LogP contribution in [0.1, 0.15) is 10.5 Å². The monoisotopic (exact) mass is 360 g/mol. The number of aromatic nitrogens is 2. The Balaban J connectivity index is 1.96. The predicted octanol–water partition coefficient (Wildman–Crippen LogP) is 2.89. The maximum Gasteiger partial charge on any atom is 0.440 e. The lowest BCUT2D eigenvalue weighted by atomic mass is 10.2. The number of para-hydroxylation sites is 1. The third-order valence-electron chi connectivity index (χ3n) is 3.70. The van der Waals surface area contributed by atoms with Crippen LogP contribution >= 0.6 is 23.4 Å². The van der Waals surface area contributed by atoms with Crippen LogP contribution in [0.25, 0.3) is 0 Å². The number of nitrogens with zero attached hydrogens (tertiary/aromatic N) is 2. The summed E-state index contributed by atoms with van der Waals surface area (Å²) in [5, 5.41) is 2.88. The highest BCUT2D eigenvalue weighted by Crippen LogP contribution is 2.48. The lowest BCUT2D eigenvalue weighted by molar-refractivity contribution is -0.741. The molecule has 1 amide bonds. The van der Waals surface area contributed by atoms with Gasteiger partial charge in [-0.15, -0.1) is 0 Å². The van der Waals surface area contributed by atoms with Gasteiger partial charge in [-0.3, -0.25) is 14.2 Å². The summed E-state index contributed by atoms with van der Waals surface area (Å²) in [6.45, 7) is 0. The Labute approximate surface area is 145 Å². The van der Waals surface area contributed by atoms with Gasteiger partial charge in [0.2, 0.25) is 0 Å². The average molecular weight is 361 g/mol. The van der Waals surface area contributed by atoms with E-state index in [0.717, 1.165) is 9.79 Å². The van der Waals surface area contributed by atoms with Gasteiger partial charge in [-0.05, 0) is 35.6 Å². The molecule has 0 aliphatic carbocycles. The summed E-state index contributed by atoms with van der Waals surface area (Å²) in [7, 11) is 1.54. The molecule has 0 radical (unpaired) electrons. The molecule has 0 atom stereocenters. The molecule has 1 N–H and O–H groups in total. The van der Waals surface area contributed by atoms with Crippen molar-refractivity contribution in [1.82, 2.24) is 5.27 Å². The van der Waals surface area contributed by atoms with Crippen LogP contribution < -0.4 is 15.2 Å². The number of hydrogen-bond donors (Lipinski definition) is 1. The molecule has 0 saturated heterocycles. The number of fused-ring (bicyclic) bond motifs is 2. The summed E-state index contributed by atoms with van der Waals surface area (Å²) < 4.78 is 5.97. The van der Waals surface area contributed by atoms with Gasteiger partial charge in [-0.1, -0.05) is 40.2 Å². The number of rotatable bonds is 1. The number of H-pyrrole nitrogens is 1. The van der Waals surface area contributed by atoms with Crippen LogP contribution in [0.5, 0.6) is 0 Å². The van der Waals surface area contributed by atoms with Crippen molar-refractivity contribution in [3.05, 3.63) is 63.6 Å². The molecule has 120 valence electrons. The molecule has 8 heteroatoms. The Morgan fingerprint density at radius 2 is 1.96 bits per heavy atom. The maximum absolute atomic E-state index is 13.1. The second-order valence-electron chi connectivity index (χ2n) is 5.21. The summed E-state index contributed by atoms with van der Waals surface area (Å²) in [6, 6.07) is 12.9. The molecule has 6 nitrogen and oxygen atoms in total. The van der Waals surface area contributed by atoms with Gasteiger partial charge in [0.15, 0.2) is 7.05 Å². The molecule has 1 aromatic heterocycles. The summed E-state index contributed by atoms with van der Waals surface area (Å²) in [5.41, 5.74) is 0.518. The van der Waals surface area contributed by atoms with Gasteiger partial charge >= 0.3 is 17.2 Å². The van der Waals surface area contributed by atoms with Gasteiger partial charge in [0, 0.05) is 14.8 Å². The lowest BCUT2D eigenvalue weighted by Gasteiger charge is -2.29. The van der Waals surface area contributed by atoms with E-state index in [-0.39, 0.29) is 5.69 Å². The summed E-state index contributed by atoms with van der Waals surface area (Å²) in [5.74, 6) is -0.483. The van der Waals surface area contributed by atoms with Crippen LogP contribution in [0.15, 0.2) is 61.6 Å². The van der Waals surface area contributed by atoms with Crippen molar-refractivity contribution in [2.75, 3.05) is 4.90 Å². The first-order valence-corrected chi connectivity index (χ1v) is 8.24. The highest BCUT2D eigenvalue weighted by atomic mass is 35.5. The number of carbonyl (C=O) groups is 1. The lowest BCUT2D eigenvalue weighted by Crippen LogP contribution is -2.44. The van der Waals surface area contributed by atoms with E-state index in [2.05, 4.69) is 5.27 Å². The number of hydrogen-bond acceptors (Lipinski definition) is 4. The zero-order valence-corrected chi connectivity index (χ0v) is 14.0. The van der Waals surface area contributed by atoms with E-state index in [0.29, 0.717) is 16.4 Å². The van der Waals surface area contributed by atoms with Crippen molar-refractivity contribution >= 4 is 40.6 Å². The van der Waals surface area contributed by atoms with Crippen molar-refractivity contribution in [1.29, 1.82) is 0 Å². The maximum atomic E-state index is 13.1. The fourth-order valence-corrected chi connectivity index (χ4v) is 3.83. The summed E-state index contributed by atoms with van der Waals surface area (Å²) in [4.78, 5) is 28.3. The topological polar surface area (TPSA) is 70.2 Å². The Kier molecular flexibility index (Phi) is 3.47. The number of aryl methyl sites for hydroxylation is 1. The molecule has 0 saturated carbocycles. The van der Waals surface area contributed by atoms with Gasteiger partial charge in [0.05, 0.1) is 11.4 Å². The van der Waals surface area contributed by atoms with E-state index >= 15 is 0 Å². The highest BCUT2D eigenvalue weighted by Gasteiger charge is 2.37. The van der Waals surface area contributed by atoms with Crippen LogP contribution in [0.4, 0.5) is 11.4 Å². The molecular formula is C16H11ClN3O3S+. The molecule has 4 rings (SSSR count). The molecular weight excluding hydrogens is 350 g/mol. The quantitative estimate of drug-likeness (QED) is 0.677. The number of carbonyl (C=O) groups excluding carboxylic acids is 1. The number of anilines is 2. The normalized spacial score (nSPS) is 12.7. The number of benzene rings is 2. The van der Waals surface area contributed by atoms with E-state index in [1.807, 2.05) is 30.3 Å². The first kappa shape index (κ1) is 15.0. The van der Waals surface area contributed by atoms with Crippen LogP contribution in [-0.4, -0.2) is 11.2 Å². The second-order valence-corrected chi connectivity index (χ2v) is 6.73.